The Morgan fingerprint density at radius 2 is 1.23 bits per heavy atom. The molecule has 0 bridgehead atoms. The van der Waals surface area contributed by atoms with Crippen LogP contribution in [0.5, 0.6) is 0 Å². The average molecular weight is 383 g/mol. The van der Waals surface area contributed by atoms with Gasteiger partial charge in [-0.2, -0.15) is 0 Å². The van der Waals surface area contributed by atoms with Crippen LogP contribution in [0.4, 0.5) is 0 Å². The van der Waals surface area contributed by atoms with Gasteiger partial charge in [-0.15, -0.1) is 24.8 Å². The smallest absolute Gasteiger partial charge is 0.156 e. The Balaban J connectivity index is 0. The lowest BCUT2D eigenvalue weighted by Gasteiger charge is -2.10. The lowest BCUT2D eigenvalue weighted by Crippen LogP contribution is -2.15. The van der Waals surface area contributed by atoms with Crippen molar-refractivity contribution in [2.24, 2.45) is 9.98 Å². The maximum atomic E-state index is 4.19. The van der Waals surface area contributed by atoms with E-state index in [2.05, 4.69) is 44.9 Å². The van der Waals surface area contributed by atoms with Gasteiger partial charge in [-0.25, -0.2) is 0 Å². The second-order valence-electron chi connectivity index (χ2n) is 3.90. The van der Waals surface area contributed by atoms with E-state index in [0.717, 1.165) is 21.8 Å². The number of hydrogen-bond donors (Lipinski definition) is 2. The molecule has 0 heterocycles. The molecule has 8 heteroatoms. The predicted molar refractivity (Wildman–Crippen MR) is 108 cm³/mol. The van der Waals surface area contributed by atoms with Gasteiger partial charge in [-0.3, -0.25) is 9.98 Å². The molecule has 1 rings (SSSR count). The first-order valence-corrected chi connectivity index (χ1v) is 8.33. The Hall–Kier alpha value is -0.560. The zero-order valence-corrected chi connectivity index (χ0v) is 16.5. The molecule has 0 aliphatic heterocycles. The molecular weight excluding hydrogens is 359 g/mol. The van der Waals surface area contributed by atoms with Gasteiger partial charge in [0.05, 0.1) is 0 Å². The molecule has 1 aromatic carbocycles. The molecule has 0 aliphatic carbocycles. The Morgan fingerprint density at radius 3 is 1.50 bits per heavy atom. The summed E-state index contributed by atoms with van der Waals surface area (Å²) in [6.07, 6.45) is 0. The van der Waals surface area contributed by atoms with Crippen molar-refractivity contribution in [1.82, 2.24) is 10.6 Å². The molecular formula is C14H24Cl2N4S2. The summed E-state index contributed by atoms with van der Waals surface area (Å²) in [5, 5.41) is 8.09. The molecule has 0 spiro atoms. The van der Waals surface area contributed by atoms with Crippen LogP contribution in [0.15, 0.2) is 34.3 Å². The highest BCUT2D eigenvalue weighted by Gasteiger charge is 2.06. The minimum atomic E-state index is 0. The third-order valence-electron chi connectivity index (χ3n) is 2.68. The molecule has 4 nitrogen and oxygen atoms in total. The van der Waals surface area contributed by atoms with E-state index in [-0.39, 0.29) is 24.8 Å². The van der Waals surface area contributed by atoms with E-state index in [4.69, 9.17) is 0 Å². The molecule has 0 saturated heterocycles. The summed E-state index contributed by atoms with van der Waals surface area (Å²) in [6.45, 7) is 0. The fraction of sp³-hybridized carbons (Fsp3) is 0.429. The quantitative estimate of drug-likeness (QED) is 0.618. The van der Waals surface area contributed by atoms with Crippen LogP contribution in [0.25, 0.3) is 0 Å². The minimum Gasteiger partial charge on any atom is -0.368 e. The van der Waals surface area contributed by atoms with Gasteiger partial charge in [0.25, 0.3) is 0 Å². The van der Waals surface area contributed by atoms with Gasteiger partial charge in [0.15, 0.2) is 10.3 Å². The molecule has 2 N–H and O–H groups in total. The zero-order valence-electron chi connectivity index (χ0n) is 13.3. The van der Waals surface area contributed by atoms with Gasteiger partial charge in [-0.1, -0.05) is 47.8 Å². The fourth-order valence-electron chi connectivity index (χ4n) is 1.63. The Morgan fingerprint density at radius 1 is 0.864 bits per heavy atom. The minimum absolute atomic E-state index is 0. The van der Waals surface area contributed by atoms with E-state index >= 15 is 0 Å². The summed E-state index contributed by atoms with van der Waals surface area (Å²) >= 11 is 3.44. The molecule has 22 heavy (non-hydrogen) atoms. The lowest BCUT2D eigenvalue weighted by molar-refractivity contribution is 1.18. The Kier molecular flexibility index (Phi) is 15.1. The highest BCUT2D eigenvalue weighted by molar-refractivity contribution is 8.13. The first-order chi connectivity index (χ1) is 9.74. The monoisotopic (exact) mass is 382 g/mol. The SMILES string of the molecule is CN=C(NC)SCc1ccccc1CS/C(=N/C)NC.Cl.Cl. The fourth-order valence-corrected chi connectivity index (χ4v) is 3.32. The Bertz CT molecular complexity index is 439. The van der Waals surface area contributed by atoms with Crippen molar-refractivity contribution in [2.75, 3.05) is 28.2 Å². The van der Waals surface area contributed by atoms with Crippen molar-refractivity contribution in [2.45, 2.75) is 11.5 Å². The first kappa shape index (κ1) is 23.7. The highest BCUT2D eigenvalue weighted by atomic mass is 35.5. The molecule has 0 aromatic heterocycles. The topological polar surface area (TPSA) is 48.8 Å². The van der Waals surface area contributed by atoms with Crippen molar-refractivity contribution < 1.29 is 0 Å². The number of hydrogen-bond acceptors (Lipinski definition) is 4. The molecule has 0 unspecified atom stereocenters. The van der Waals surface area contributed by atoms with Gasteiger partial charge < -0.3 is 10.6 Å². The summed E-state index contributed by atoms with van der Waals surface area (Å²) in [5.41, 5.74) is 2.68. The standard InChI is InChI=1S/C14H22N4S2.2ClH/c1-15-13(16-2)19-9-11-7-5-6-8-12(11)10-20-14(17-3)18-4;;/h5-8H,9-10H2,1-4H3,(H,15,16)(H,17,18);2*1H. The van der Waals surface area contributed by atoms with Gasteiger partial charge in [0.2, 0.25) is 0 Å². The molecule has 1 aromatic rings. The maximum Gasteiger partial charge on any atom is 0.156 e. The molecule has 0 aliphatic rings. The molecule has 126 valence electrons. The zero-order chi connectivity index (χ0) is 14.8. The second kappa shape index (κ2) is 14.1. The largest absolute Gasteiger partial charge is 0.368 e. The van der Waals surface area contributed by atoms with Crippen LogP contribution in [0.2, 0.25) is 0 Å². The van der Waals surface area contributed by atoms with Crippen molar-refractivity contribution in [3.8, 4) is 0 Å². The number of nitrogens with one attached hydrogen (secondary N) is 2. The highest BCUT2D eigenvalue weighted by Crippen LogP contribution is 2.21. The van der Waals surface area contributed by atoms with Crippen molar-refractivity contribution >= 4 is 58.7 Å². The number of halogens is 2. The van der Waals surface area contributed by atoms with E-state index in [1.165, 1.54) is 11.1 Å². The molecule has 0 amide bonds. The van der Waals surface area contributed by atoms with E-state index in [0.29, 0.717) is 0 Å². The van der Waals surface area contributed by atoms with Crippen LogP contribution < -0.4 is 10.6 Å². The number of thioether (sulfide) groups is 2. The van der Waals surface area contributed by atoms with Gasteiger partial charge in [0.1, 0.15) is 0 Å². The van der Waals surface area contributed by atoms with Gasteiger partial charge in [0, 0.05) is 39.7 Å². The van der Waals surface area contributed by atoms with Crippen LogP contribution >= 0.6 is 48.3 Å². The first-order valence-electron chi connectivity index (χ1n) is 6.36. The lowest BCUT2D eigenvalue weighted by atomic mass is 10.1. The number of amidine groups is 2. The third-order valence-corrected chi connectivity index (χ3v) is 4.91. The van der Waals surface area contributed by atoms with E-state index in [9.17, 15) is 0 Å². The van der Waals surface area contributed by atoms with Crippen LogP contribution in [0.1, 0.15) is 11.1 Å². The third kappa shape index (κ3) is 8.17. The normalized spacial score (nSPS) is 11.3. The summed E-state index contributed by atoms with van der Waals surface area (Å²) in [7, 11) is 7.40. The van der Waals surface area contributed by atoms with E-state index < -0.39 is 0 Å². The van der Waals surface area contributed by atoms with Gasteiger partial charge in [-0.05, 0) is 11.1 Å². The number of rotatable bonds is 4. The average Bonchev–Trinajstić information content (AvgIpc) is 2.50. The molecule has 0 radical (unpaired) electrons. The van der Waals surface area contributed by atoms with Crippen LogP contribution in [0.3, 0.4) is 0 Å². The second-order valence-corrected chi connectivity index (χ2v) is 5.83. The van der Waals surface area contributed by atoms with Crippen LogP contribution in [-0.2, 0) is 11.5 Å². The summed E-state index contributed by atoms with van der Waals surface area (Å²) < 4.78 is 0. The summed E-state index contributed by atoms with van der Waals surface area (Å²) in [4.78, 5) is 8.37. The number of benzene rings is 1. The van der Waals surface area contributed by atoms with E-state index in [1.54, 1.807) is 37.6 Å². The van der Waals surface area contributed by atoms with Crippen molar-refractivity contribution in [3.63, 3.8) is 0 Å². The maximum absolute atomic E-state index is 4.19. The predicted octanol–water partition coefficient (Wildman–Crippen LogP) is 3.41. The van der Waals surface area contributed by atoms with Crippen LogP contribution in [0, 0.1) is 0 Å². The number of nitrogens with zero attached hydrogens (tertiary/aromatic N) is 2. The van der Waals surface area contributed by atoms with Crippen molar-refractivity contribution in [3.05, 3.63) is 35.4 Å². The number of aliphatic imine (C=N–C) groups is 2. The Labute approximate surface area is 154 Å². The van der Waals surface area contributed by atoms with Crippen molar-refractivity contribution in [1.29, 1.82) is 0 Å². The van der Waals surface area contributed by atoms with Gasteiger partial charge >= 0.3 is 0 Å². The molecule has 0 fully saturated rings. The van der Waals surface area contributed by atoms with E-state index in [1.807, 2.05) is 14.1 Å². The summed E-state index contributed by atoms with van der Waals surface area (Å²) in [6, 6.07) is 8.51. The molecule has 0 atom stereocenters. The molecule has 0 saturated carbocycles. The van der Waals surface area contributed by atoms with Crippen LogP contribution in [-0.4, -0.2) is 38.5 Å². The summed E-state index contributed by atoms with van der Waals surface area (Å²) in [5.74, 6) is 1.84.